The Balaban J connectivity index is 1.59. The molecular formula is C29H36N4O2. The van der Waals surface area contributed by atoms with Gasteiger partial charge in [0, 0.05) is 30.4 Å². The van der Waals surface area contributed by atoms with Gasteiger partial charge in [0.1, 0.15) is 17.2 Å². The highest BCUT2D eigenvalue weighted by Crippen LogP contribution is 2.36. The van der Waals surface area contributed by atoms with E-state index in [1.807, 2.05) is 65.4 Å². The average molecular weight is 473 g/mol. The number of nitrogen functional groups attached to an aromatic ring is 1. The van der Waals surface area contributed by atoms with Crippen LogP contribution < -0.4 is 16.2 Å². The number of rotatable bonds is 10. The first kappa shape index (κ1) is 24.6. The molecule has 1 aromatic heterocycles. The number of carbonyl (C=O) groups excluding carboxylic acids is 1. The lowest BCUT2D eigenvalue weighted by Gasteiger charge is -2.37. The van der Waals surface area contributed by atoms with Crippen molar-refractivity contribution in [2.24, 2.45) is 5.73 Å². The Morgan fingerprint density at radius 2 is 1.89 bits per heavy atom. The average Bonchev–Trinajstić information content (AvgIpc) is 3.23. The number of hydrogen-bond donors (Lipinski definition) is 2. The maximum Gasteiger partial charge on any atom is 0.267 e. The second kappa shape index (κ2) is 11.3. The first-order valence-electron chi connectivity index (χ1n) is 12.5. The van der Waals surface area contributed by atoms with E-state index in [0.29, 0.717) is 23.2 Å². The summed E-state index contributed by atoms with van der Waals surface area (Å²) in [6.07, 6.45) is 9.66. The maximum absolute atomic E-state index is 12.4. The molecule has 1 amide bonds. The summed E-state index contributed by atoms with van der Waals surface area (Å²) in [5.41, 5.74) is 15.0. The fraction of sp³-hybridized carbons (Fsp3) is 0.345. The van der Waals surface area contributed by atoms with Crippen molar-refractivity contribution in [3.8, 4) is 17.2 Å². The molecule has 0 bridgehead atoms. The summed E-state index contributed by atoms with van der Waals surface area (Å²) < 4.78 is 7.72. The second-order valence-corrected chi connectivity index (χ2v) is 9.27. The van der Waals surface area contributed by atoms with Gasteiger partial charge in [0.2, 0.25) is 0 Å². The minimum atomic E-state index is -0.530. The number of aromatic nitrogens is 1. The van der Waals surface area contributed by atoms with Crippen LogP contribution in [-0.2, 0) is 0 Å². The molecule has 1 saturated heterocycles. The van der Waals surface area contributed by atoms with Crippen molar-refractivity contribution in [3.05, 3.63) is 84.7 Å². The van der Waals surface area contributed by atoms with Crippen LogP contribution in [0.5, 0.6) is 11.5 Å². The quantitative estimate of drug-likeness (QED) is 0.361. The smallest absolute Gasteiger partial charge is 0.267 e. The van der Waals surface area contributed by atoms with E-state index < -0.39 is 5.91 Å². The number of para-hydroxylation sites is 1. The lowest BCUT2D eigenvalue weighted by Crippen LogP contribution is -2.41. The fourth-order valence-electron chi connectivity index (χ4n) is 5.04. The molecule has 1 aliphatic rings. The summed E-state index contributed by atoms with van der Waals surface area (Å²) >= 11 is 0. The normalized spacial score (nSPS) is 17.1. The molecule has 184 valence electrons. The van der Waals surface area contributed by atoms with Crippen LogP contribution in [0.1, 0.15) is 61.0 Å². The van der Waals surface area contributed by atoms with Gasteiger partial charge < -0.3 is 20.8 Å². The van der Waals surface area contributed by atoms with Crippen LogP contribution in [0.2, 0.25) is 0 Å². The largest absolute Gasteiger partial charge is 0.457 e. The number of unbranched alkanes of at least 4 members (excludes halogenated alkanes) is 1. The van der Waals surface area contributed by atoms with Crippen molar-refractivity contribution in [1.82, 2.24) is 9.47 Å². The van der Waals surface area contributed by atoms with Gasteiger partial charge in [-0.2, -0.15) is 0 Å². The summed E-state index contributed by atoms with van der Waals surface area (Å²) in [5.74, 6) is 1.20. The minimum Gasteiger partial charge on any atom is -0.457 e. The van der Waals surface area contributed by atoms with Crippen molar-refractivity contribution in [1.29, 1.82) is 0 Å². The maximum atomic E-state index is 12.4. The summed E-state index contributed by atoms with van der Waals surface area (Å²) in [5, 5.41) is 0. The van der Waals surface area contributed by atoms with E-state index in [0.717, 1.165) is 49.4 Å². The van der Waals surface area contributed by atoms with E-state index >= 15 is 0 Å². The molecule has 0 aliphatic carbocycles. The molecule has 6 heteroatoms. The van der Waals surface area contributed by atoms with Crippen molar-refractivity contribution in [2.75, 3.05) is 18.8 Å². The Morgan fingerprint density at radius 1 is 1.17 bits per heavy atom. The predicted octanol–water partition coefficient (Wildman–Crippen LogP) is 5.87. The molecule has 4 rings (SSSR count). The number of benzene rings is 2. The first-order valence-corrected chi connectivity index (χ1v) is 12.5. The van der Waals surface area contributed by atoms with Gasteiger partial charge in [0.15, 0.2) is 0 Å². The Kier molecular flexibility index (Phi) is 7.93. The number of carbonyl (C=O) groups is 1. The van der Waals surface area contributed by atoms with Crippen LogP contribution in [0.15, 0.2) is 73.4 Å². The molecule has 4 N–H and O–H groups in total. The zero-order valence-electron chi connectivity index (χ0n) is 20.5. The topological polar surface area (TPSA) is 86.5 Å². The minimum absolute atomic E-state index is 0.243. The van der Waals surface area contributed by atoms with E-state index in [9.17, 15) is 4.79 Å². The molecule has 2 unspecified atom stereocenters. The van der Waals surface area contributed by atoms with E-state index in [1.165, 1.54) is 12.8 Å². The Morgan fingerprint density at radius 3 is 2.54 bits per heavy atom. The highest BCUT2D eigenvalue weighted by molar-refractivity contribution is 5.98. The lowest BCUT2D eigenvalue weighted by molar-refractivity contribution is 0.0994. The summed E-state index contributed by atoms with van der Waals surface area (Å²) in [7, 11) is 0. The number of amides is 1. The third kappa shape index (κ3) is 5.60. The summed E-state index contributed by atoms with van der Waals surface area (Å²) in [6.45, 7) is 8.25. The van der Waals surface area contributed by atoms with Crippen molar-refractivity contribution < 1.29 is 9.53 Å². The predicted molar refractivity (Wildman–Crippen MR) is 142 cm³/mol. The van der Waals surface area contributed by atoms with Crippen molar-refractivity contribution in [3.63, 3.8) is 0 Å². The molecule has 0 radical (unpaired) electrons. The molecule has 1 fully saturated rings. The molecule has 35 heavy (non-hydrogen) atoms. The third-order valence-corrected chi connectivity index (χ3v) is 6.89. The number of anilines is 1. The van der Waals surface area contributed by atoms with Crippen molar-refractivity contribution in [2.45, 2.75) is 51.0 Å². The number of ether oxygens (including phenoxy) is 1. The van der Waals surface area contributed by atoms with E-state index in [4.69, 9.17) is 16.2 Å². The molecule has 0 saturated carbocycles. The van der Waals surface area contributed by atoms with E-state index in [-0.39, 0.29) is 5.92 Å². The van der Waals surface area contributed by atoms with Gasteiger partial charge in [-0.3, -0.25) is 9.69 Å². The molecule has 2 heterocycles. The summed E-state index contributed by atoms with van der Waals surface area (Å²) in [6, 6.07) is 17.6. The van der Waals surface area contributed by atoms with Crippen LogP contribution in [0.4, 0.5) is 5.69 Å². The molecule has 2 atom stereocenters. The Hall–Kier alpha value is -3.51. The zero-order chi connectivity index (χ0) is 24.8. The van der Waals surface area contributed by atoms with Gasteiger partial charge in [-0.05, 0) is 67.8 Å². The number of hydrogen-bond acceptors (Lipinski definition) is 4. The highest BCUT2D eigenvalue weighted by Gasteiger charge is 2.30. The number of primary amides is 1. The first-order chi connectivity index (χ1) is 17.0. The van der Waals surface area contributed by atoms with Crippen molar-refractivity contribution >= 4 is 11.6 Å². The second-order valence-electron chi connectivity index (χ2n) is 9.27. The van der Waals surface area contributed by atoms with Gasteiger partial charge in [-0.25, -0.2) is 0 Å². The molecule has 1 aliphatic heterocycles. The molecular weight excluding hydrogens is 436 g/mol. The molecule has 3 aromatic rings. The number of likely N-dealkylation sites (tertiary alicyclic amines) is 1. The summed E-state index contributed by atoms with van der Waals surface area (Å²) in [4.78, 5) is 14.9. The highest BCUT2D eigenvalue weighted by atomic mass is 16.5. The van der Waals surface area contributed by atoms with Crippen LogP contribution >= 0.6 is 0 Å². The zero-order valence-corrected chi connectivity index (χ0v) is 20.5. The molecule has 0 spiro atoms. The SMILES string of the molecule is C=CC(CCCC)N1CCCC(c2cn(-c3ccc(Oc4ccccc4)cc3)c(C(N)=O)c2N)C1. The van der Waals surface area contributed by atoms with Gasteiger partial charge in [-0.1, -0.05) is 44.0 Å². The standard InChI is InChI=1S/C29H36N4O2/c1-3-5-11-22(4-2)32-18-9-10-21(19-32)26-20-33(28(27(26)30)29(31)34)23-14-16-25(17-15-23)35-24-12-7-6-8-13-24/h4,6-8,12-17,20-22H,2-3,5,9-11,18-19,30H2,1H3,(H2,31,34). The van der Waals surface area contributed by atoms with Crippen LogP contribution in [-0.4, -0.2) is 34.5 Å². The third-order valence-electron chi connectivity index (χ3n) is 6.89. The van der Waals surface area contributed by atoms with Gasteiger partial charge in [0.05, 0.1) is 5.69 Å². The van der Waals surface area contributed by atoms with E-state index in [1.54, 1.807) is 0 Å². The Bertz CT molecular complexity index is 1140. The Labute approximate surface area is 208 Å². The fourth-order valence-corrected chi connectivity index (χ4v) is 5.04. The number of nitrogens with two attached hydrogens (primary N) is 2. The van der Waals surface area contributed by atoms with Crippen LogP contribution in [0, 0.1) is 0 Å². The molecule has 6 nitrogen and oxygen atoms in total. The van der Waals surface area contributed by atoms with Gasteiger partial charge >= 0.3 is 0 Å². The number of piperidine rings is 1. The van der Waals surface area contributed by atoms with Gasteiger partial charge in [0.25, 0.3) is 5.91 Å². The molecule has 2 aromatic carbocycles. The lowest BCUT2D eigenvalue weighted by atomic mass is 9.90. The van der Waals surface area contributed by atoms with Crippen LogP contribution in [0.25, 0.3) is 5.69 Å². The number of nitrogens with zero attached hydrogens (tertiary/aromatic N) is 2. The van der Waals surface area contributed by atoms with Crippen LogP contribution in [0.3, 0.4) is 0 Å². The van der Waals surface area contributed by atoms with E-state index in [2.05, 4.69) is 24.5 Å². The van der Waals surface area contributed by atoms with Gasteiger partial charge in [-0.15, -0.1) is 6.58 Å². The monoisotopic (exact) mass is 472 g/mol.